The minimum Gasteiger partial charge on any atom is -0.373 e. The van der Waals surface area contributed by atoms with Gasteiger partial charge in [-0.2, -0.15) is 0 Å². The molecule has 5 heteroatoms. The number of carbonyl (C=O) groups excluding carboxylic acids is 1. The highest BCUT2D eigenvalue weighted by molar-refractivity contribution is 5.92. The molecule has 3 heterocycles. The van der Waals surface area contributed by atoms with E-state index < -0.39 is 0 Å². The molecule has 0 saturated carbocycles. The first kappa shape index (κ1) is 11.6. The number of hydrogen-bond donors (Lipinski definition) is 0. The van der Waals surface area contributed by atoms with Crippen molar-refractivity contribution in [3.05, 3.63) is 24.3 Å². The number of rotatable bonds is 1. The molecule has 96 valence electrons. The van der Waals surface area contributed by atoms with Crippen LogP contribution in [0.2, 0.25) is 0 Å². The van der Waals surface area contributed by atoms with E-state index in [0.717, 1.165) is 19.4 Å². The number of nitrogens with zero attached hydrogens (tertiary/aromatic N) is 3. The second kappa shape index (κ2) is 4.65. The molecule has 2 saturated heterocycles. The molecule has 0 bridgehead atoms. The molecule has 1 aromatic rings. The fourth-order valence-electron chi connectivity index (χ4n) is 2.93. The molecule has 2 fully saturated rings. The molecule has 1 aromatic heterocycles. The first-order valence-corrected chi connectivity index (χ1v) is 6.45. The summed E-state index contributed by atoms with van der Waals surface area (Å²) in [5.74, 6) is 0.579. The van der Waals surface area contributed by atoms with Crippen molar-refractivity contribution in [3.63, 3.8) is 0 Å². The van der Waals surface area contributed by atoms with E-state index in [1.54, 1.807) is 12.4 Å². The van der Waals surface area contributed by atoms with E-state index in [4.69, 9.17) is 4.74 Å². The molecule has 0 aromatic carbocycles. The molecular formula is C13H17N3O2. The SMILES string of the molecule is C[C@H]1C[C@@H]2CCN(C(=O)c3cnccn3)C[C@@H]2O1. The van der Waals surface area contributed by atoms with Crippen molar-refractivity contribution in [2.45, 2.75) is 32.0 Å². The second-order valence-electron chi connectivity index (χ2n) is 5.11. The van der Waals surface area contributed by atoms with Crippen LogP contribution < -0.4 is 0 Å². The summed E-state index contributed by atoms with van der Waals surface area (Å²) in [5.41, 5.74) is 0.419. The molecule has 2 aliphatic rings. The minimum atomic E-state index is -0.0373. The summed E-state index contributed by atoms with van der Waals surface area (Å²) in [6.07, 6.45) is 7.32. The molecule has 3 rings (SSSR count). The molecule has 1 amide bonds. The van der Waals surface area contributed by atoms with Crippen molar-refractivity contribution in [1.82, 2.24) is 14.9 Å². The van der Waals surface area contributed by atoms with Crippen molar-refractivity contribution in [2.24, 2.45) is 5.92 Å². The van der Waals surface area contributed by atoms with Crippen LogP contribution >= 0.6 is 0 Å². The van der Waals surface area contributed by atoms with Crippen molar-refractivity contribution in [3.8, 4) is 0 Å². The van der Waals surface area contributed by atoms with Crippen LogP contribution in [0.1, 0.15) is 30.3 Å². The lowest BCUT2D eigenvalue weighted by Crippen LogP contribution is -2.45. The van der Waals surface area contributed by atoms with Gasteiger partial charge in [-0.15, -0.1) is 0 Å². The van der Waals surface area contributed by atoms with Crippen molar-refractivity contribution < 1.29 is 9.53 Å². The van der Waals surface area contributed by atoms with Crippen molar-refractivity contribution >= 4 is 5.91 Å². The van der Waals surface area contributed by atoms with Crippen LogP contribution in [0.4, 0.5) is 0 Å². The number of amides is 1. The molecule has 0 aliphatic carbocycles. The lowest BCUT2D eigenvalue weighted by Gasteiger charge is -2.33. The zero-order valence-electron chi connectivity index (χ0n) is 10.5. The van der Waals surface area contributed by atoms with Crippen LogP contribution in [0, 0.1) is 5.92 Å². The zero-order chi connectivity index (χ0) is 12.5. The van der Waals surface area contributed by atoms with E-state index in [0.29, 0.717) is 24.3 Å². The van der Waals surface area contributed by atoms with Gasteiger partial charge < -0.3 is 9.64 Å². The topological polar surface area (TPSA) is 55.3 Å². The van der Waals surface area contributed by atoms with Gasteiger partial charge in [0, 0.05) is 25.5 Å². The third kappa shape index (κ3) is 2.10. The number of hydrogen-bond acceptors (Lipinski definition) is 4. The van der Waals surface area contributed by atoms with Crippen molar-refractivity contribution in [2.75, 3.05) is 13.1 Å². The van der Waals surface area contributed by atoms with E-state index in [-0.39, 0.29) is 12.0 Å². The van der Waals surface area contributed by atoms with Gasteiger partial charge in [-0.05, 0) is 25.7 Å². The van der Waals surface area contributed by atoms with Crippen LogP contribution in [0.3, 0.4) is 0 Å². The highest BCUT2D eigenvalue weighted by atomic mass is 16.5. The van der Waals surface area contributed by atoms with E-state index in [1.165, 1.54) is 6.20 Å². The van der Waals surface area contributed by atoms with E-state index in [2.05, 4.69) is 16.9 Å². The van der Waals surface area contributed by atoms with Crippen molar-refractivity contribution in [1.29, 1.82) is 0 Å². The third-order valence-corrected chi connectivity index (χ3v) is 3.81. The summed E-state index contributed by atoms with van der Waals surface area (Å²) in [6, 6.07) is 0. The summed E-state index contributed by atoms with van der Waals surface area (Å²) in [6.45, 7) is 3.59. The maximum atomic E-state index is 12.2. The number of fused-ring (bicyclic) bond motifs is 1. The Balaban J connectivity index is 1.70. The first-order chi connectivity index (χ1) is 8.74. The Kier molecular flexibility index (Phi) is 2.99. The minimum absolute atomic E-state index is 0.0373. The van der Waals surface area contributed by atoms with E-state index in [9.17, 15) is 4.79 Å². The van der Waals surface area contributed by atoms with Crippen LogP contribution in [-0.4, -0.2) is 46.1 Å². The molecule has 18 heavy (non-hydrogen) atoms. The standard InChI is InChI=1S/C13H17N3O2/c1-9-6-10-2-5-16(8-12(10)18-9)13(17)11-7-14-3-4-15-11/h3-4,7,9-10,12H,2,5-6,8H2,1H3/t9-,10-,12-/m0/s1. The van der Waals surface area contributed by atoms with Gasteiger partial charge in [-0.25, -0.2) is 4.98 Å². The van der Waals surface area contributed by atoms with Gasteiger partial charge in [-0.1, -0.05) is 0 Å². The smallest absolute Gasteiger partial charge is 0.274 e. The van der Waals surface area contributed by atoms with E-state index in [1.807, 2.05) is 4.90 Å². The van der Waals surface area contributed by atoms with Gasteiger partial charge in [0.1, 0.15) is 5.69 Å². The molecular weight excluding hydrogens is 230 g/mol. The van der Waals surface area contributed by atoms with Gasteiger partial charge in [0.25, 0.3) is 5.91 Å². The highest BCUT2D eigenvalue weighted by Gasteiger charge is 2.38. The lowest BCUT2D eigenvalue weighted by molar-refractivity contribution is 0.00136. The largest absolute Gasteiger partial charge is 0.373 e. The summed E-state index contributed by atoms with van der Waals surface area (Å²) >= 11 is 0. The zero-order valence-corrected chi connectivity index (χ0v) is 10.5. The summed E-state index contributed by atoms with van der Waals surface area (Å²) in [5, 5.41) is 0. The quantitative estimate of drug-likeness (QED) is 0.746. The number of carbonyl (C=O) groups is 1. The molecule has 0 N–H and O–H groups in total. The molecule has 5 nitrogen and oxygen atoms in total. The number of aromatic nitrogens is 2. The van der Waals surface area contributed by atoms with Gasteiger partial charge in [-0.3, -0.25) is 9.78 Å². The van der Waals surface area contributed by atoms with Gasteiger partial charge in [0.05, 0.1) is 18.4 Å². The Morgan fingerprint density at radius 1 is 1.50 bits per heavy atom. The number of piperidine rings is 1. The predicted octanol–water partition coefficient (Wildman–Crippen LogP) is 1.12. The Hall–Kier alpha value is -1.49. The van der Waals surface area contributed by atoms with Crippen LogP contribution in [0.25, 0.3) is 0 Å². The molecule has 0 radical (unpaired) electrons. The fourth-order valence-corrected chi connectivity index (χ4v) is 2.93. The Morgan fingerprint density at radius 2 is 2.39 bits per heavy atom. The predicted molar refractivity (Wildman–Crippen MR) is 65.0 cm³/mol. The van der Waals surface area contributed by atoms with Gasteiger partial charge in [0.15, 0.2) is 0 Å². The highest BCUT2D eigenvalue weighted by Crippen LogP contribution is 2.33. The van der Waals surface area contributed by atoms with Gasteiger partial charge >= 0.3 is 0 Å². The van der Waals surface area contributed by atoms with Crippen LogP contribution in [-0.2, 0) is 4.74 Å². The van der Waals surface area contributed by atoms with Crippen LogP contribution in [0.15, 0.2) is 18.6 Å². The Labute approximate surface area is 106 Å². The maximum absolute atomic E-state index is 12.2. The number of ether oxygens (including phenoxy) is 1. The summed E-state index contributed by atoms with van der Waals surface area (Å²) < 4.78 is 5.85. The molecule has 2 aliphatic heterocycles. The Bertz CT molecular complexity index is 437. The third-order valence-electron chi connectivity index (χ3n) is 3.81. The molecule has 3 atom stereocenters. The first-order valence-electron chi connectivity index (χ1n) is 6.45. The maximum Gasteiger partial charge on any atom is 0.274 e. The van der Waals surface area contributed by atoms with Crippen LogP contribution in [0.5, 0.6) is 0 Å². The average Bonchev–Trinajstić information content (AvgIpc) is 2.78. The monoisotopic (exact) mass is 247 g/mol. The molecule has 0 unspecified atom stereocenters. The lowest BCUT2D eigenvalue weighted by atomic mass is 9.92. The second-order valence-corrected chi connectivity index (χ2v) is 5.11. The van der Waals surface area contributed by atoms with Gasteiger partial charge in [0.2, 0.25) is 0 Å². The summed E-state index contributed by atoms with van der Waals surface area (Å²) in [7, 11) is 0. The normalized spacial score (nSPS) is 31.2. The average molecular weight is 247 g/mol. The molecule has 0 spiro atoms. The Morgan fingerprint density at radius 3 is 3.17 bits per heavy atom. The number of likely N-dealkylation sites (tertiary alicyclic amines) is 1. The fraction of sp³-hybridized carbons (Fsp3) is 0.615. The summed E-state index contributed by atoms with van der Waals surface area (Å²) in [4.78, 5) is 22.1. The van der Waals surface area contributed by atoms with E-state index >= 15 is 0 Å².